The van der Waals surface area contributed by atoms with Gasteiger partial charge in [-0.3, -0.25) is 0 Å². The van der Waals surface area contributed by atoms with Gasteiger partial charge in [0.25, 0.3) is 0 Å². The third-order valence-electron chi connectivity index (χ3n) is 3.51. The largest absolute Gasteiger partial charge is 0.375 e. The van der Waals surface area contributed by atoms with Crippen LogP contribution in [0.3, 0.4) is 0 Å². The van der Waals surface area contributed by atoms with Gasteiger partial charge in [0.15, 0.2) is 5.13 Å². The quantitative estimate of drug-likeness (QED) is 0.860. The first-order valence-electron chi connectivity index (χ1n) is 6.24. The van der Waals surface area contributed by atoms with Gasteiger partial charge >= 0.3 is 0 Å². The average Bonchev–Trinajstić information content (AvgIpc) is 2.86. The summed E-state index contributed by atoms with van der Waals surface area (Å²) in [4.78, 5) is 9.16. The molecular weight excluding hydrogens is 232 g/mol. The van der Waals surface area contributed by atoms with Crippen molar-refractivity contribution in [1.82, 2.24) is 14.8 Å². The molecule has 1 saturated heterocycles. The maximum atomic E-state index is 5.62. The van der Waals surface area contributed by atoms with Crippen molar-refractivity contribution in [1.29, 1.82) is 0 Å². The number of likely N-dealkylation sites (tertiary alicyclic amines) is 1. The van der Waals surface area contributed by atoms with Crippen LogP contribution < -0.4 is 5.73 Å². The lowest BCUT2D eigenvalue weighted by atomic mass is 10.2. The minimum atomic E-state index is 0.679. The monoisotopic (exact) mass is 254 g/mol. The average molecular weight is 254 g/mol. The molecule has 4 nitrogen and oxygen atoms in total. The van der Waals surface area contributed by atoms with Gasteiger partial charge in [0, 0.05) is 30.9 Å². The summed E-state index contributed by atoms with van der Waals surface area (Å²) in [7, 11) is 4.43. The van der Waals surface area contributed by atoms with E-state index >= 15 is 0 Å². The van der Waals surface area contributed by atoms with Crippen molar-refractivity contribution in [3.8, 4) is 0 Å². The van der Waals surface area contributed by atoms with Crippen LogP contribution in [0.1, 0.15) is 18.5 Å². The molecule has 1 atom stereocenters. The van der Waals surface area contributed by atoms with E-state index in [0.717, 1.165) is 31.2 Å². The molecule has 2 heterocycles. The second-order valence-electron chi connectivity index (χ2n) is 4.97. The van der Waals surface area contributed by atoms with E-state index in [-0.39, 0.29) is 0 Å². The first-order chi connectivity index (χ1) is 8.15. The minimum absolute atomic E-state index is 0.679. The Morgan fingerprint density at radius 1 is 1.65 bits per heavy atom. The van der Waals surface area contributed by atoms with Crippen LogP contribution in [0.4, 0.5) is 5.13 Å². The maximum absolute atomic E-state index is 5.62. The van der Waals surface area contributed by atoms with Crippen molar-refractivity contribution in [3.63, 3.8) is 0 Å². The number of hydrogen-bond acceptors (Lipinski definition) is 5. The SMILES string of the molecule is CN(CCc1csc(N)n1)CC1CCCN1C. The third kappa shape index (κ3) is 3.66. The van der Waals surface area contributed by atoms with Crippen molar-refractivity contribution in [3.05, 3.63) is 11.1 Å². The summed E-state index contributed by atoms with van der Waals surface area (Å²) < 4.78 is 0. The molecule has 1 aliphatic heterocycles. The van der Waals surface area contributed by atoms with Crippen LogP contribution in [0.15, 0.2) is 5.38 Å². The predicted octanol–water partition coefficient (Wildman–Crippen LogP) is 1.29. The van der Waals surface area contributed by atoms with Crippen LogP contribution in [-0.4, -0.2) is 54.6 Å². The molecule has 1 fully saturated rings. The molecule has 0 radical (unpaired) electrons. The number of nitrogens with zero attached hydrogens (tertiary/aromatic N) is 3. The van der Waals surface area contributed by atoms with E-state index in [1.165, 1.54) is 30.7 Å². The molecule has 0 saturated carbocycles. The Morgan fingerprint density at radius 3 is 3.06 bits per heavy atom. The Kier molecular flexibility index (Phi) is 4.36. The van der Waals surface area contributed by atoms with E-state index in [4.69, 9.17) is 5.73 Å². The molecule has 0 spiro atoms. The van der Waals surface area contributed by atoms with Gasteiger partial charge in [-0.25, -0.2) is 4.98 Å². The number of nitrogens with two attached hydrogens (primary N) is 1. The predicted molar refractivity (Wildman–Crippen MR) is 73.4 cm³/mol. The lowest BCUT2D eigenvalue weighted by molar-refractivity contribution is 0.221. The summed E-state index contributed by atoms with van der Waals surface area (Å²) in [5.74, 6) is 0. The van der Waals surface area contributed by atoms with Crippen LogP contribution in [0.5, 0.6) is 0 Å². The summed E-state index contributed by atoms with van der Waals surface area (Å²) in [5, 5.41) is 2.74. The number of likely N-dealkylation sites (N-methyl/N-ethyl adjacent to an activating group) is 2. The second kappa shape index (κ2) is 5.80. The Labute approximate surface area is 107 Å². The number of rotatable bonds is 5. The normalized spacial score (nSPS) is 21.5. The van der Waals surface area contributed by atoms with Crippen LogP contribution in [0.2, 0.25) is 0 Å². The fourth-order valence-electron chi connectivity index (χ4n) is 2.40. The number of anilines is 1. The molecule has 0 aromatic carbocycles. The number of thiazole rings is 1. The highest BCUT2D eigenvalue weighted by molar-refractivity contribution is 7.13. The molecule has 1 aromatic rings. The van der Waals surface area contributed by atoms with Crippen molar-refractivity contribution in [2.24, 2.45) is 0 Å². The zero-order valence-corrected chi connectivity index (χ0v) is 11.5. The number of hydrogen-bond donors (Lipinski definition) is 1. The smallest absolute Gasteiger partial charge is 0.180 e. The minimum Gasteiger partial charge on any atom is -0.375 e. The Hall–Kier alpha value is -0.650. The van der Waals surface area contributed by atoms with Crippen LogP contribution in [0, 0.1) is 0 Å². The highest BCUT2D eigenvalue weighted by Gasteiger charge is 2.21. The molecule has 2 N–H and O–H groups in total. The highest BCUT2D eigenvalue weighted by atomic mass is 32.1. The van der Waals surface area contributed by atoms with Crippen molar-refractivity contribution < 1.29 is 0 Å². The first-order valence-corrected chi connectivity index (χ1v) is 7.12. The molecule has 1 unspecified atom stereocenters. The zero-order chi connectivity index (χ0) is 12.3. The van der Waals surface area contributed by atoms with Crippen molar-refractivity contribution in [2.75, 3.05) is 39.5 Å². The van der Waals surface area contributed by atoms with E-state index in [1.54, 1.807) is 0 Å². The topological polar surface area (TPSA) is 45.4 Å². The van der Waals surface area contributed by atoms with E-state index in [1.807, 2.05) is 0 Å². The third-order valence-corrected chi connectivity index (χ3v) is 4.24. The molecule has 96 valence electrons. The Morgan fingerprint density at radius 2 is 2.47 bits per heavy atom. The molecule has 2 rings (SSSR count). The summed E-state index contributed by atoms with van der Waals surface area (Å²) in [5.41, 5.74) is 6.75. The van der Waals surface area contributed by atoms with Gasteiger partial charge < -0.3 is 15.5 Å². The molecule has 17 heavy (non-hydrogen) atoms. The van der Waals surface area contributed by atoms with Crippen molar-refractivity contribution in [2.45, 2.75) is 25.3 Å². The molecule has 1 aliphatic rings. The fourth-order valence-corrected chi connectivity index (χ4v) is 3.00. The van der Waals surface area contributed by atoms with Gasteiger partial charge in [-0.15, -0.1) is 11.3 Å². The van der Waals surface area contributed by atoms with Crippen LogP contribution >= 0.6 is 11.3 Å². The number of aromatic nitrogens is 1. The standard InChI is InChI=1S/C12H22N4S/c1-15(8-11-4-3-6-16(11)2)7-5-10-9-17-12(13)14-10/h9,11H,3-8H2,1-2H3,(H2,13,14). The van der Waals surface area contributed by atoms with Gasteiger partial charge in [0.2, 0.25) is 0 Å². The summed E-state index contributed by atoms with van der Waals surface area (Å²) in [6.45, 7) is 3.48. The fraction of sp³-hybridized carbons (Fsp3) is 0.750. The van der Waals surface area contributed by atoms with E-state index in [2.05, 4.69) is 34.3 Å². The van der Waals surface area contributed by atoms with E-state index < -0.39 is 0 Å². The highest BCUT2D eigenvalue weighted by Crippen LogP contribution is 2.16. The summed E-state index contributed by atoms with van der Waals surface area (Å²) in [6, 6.07) is 0.737. The zero-order valence-electron chi connectivity index (χ0n) is 10.7. The first kappa shape index (κ1) is 12.8. The Balaban J connectivity index is 1.72. The second-order valence-corrected chi connectivity index (χ2v) is 5.86. The van der Waals surface area contributed by atoms with Gasteiger partial charge in [0.05, 0.1) is 5.69 Å². The summed E-state index contributed by atoms with van der Waals surface area (Å²) in [6.07, 6.45) is 3.68. The molecule has 1 aromatic heterocycles. The lowest BCUT2D eigenvalue weighted by Gasteiger charge is -2.25. The molecular formula is C12H22N4S. The van der Waals surface area contributed by atoms with Crippen LogP contribution in [0.25, 0.3) is 0 Å². The van der Waals surface area contributed by atoms with E-state index in [0.29, 0.717) is 5.13 Å². The molecule has 0 aliphatic carbocycles. The lowest BCUT2D eigenvalue weighted by Crippen LogP contribution is -2.37. The van der Waals surface area contributed by atoms with Gasteiger partial charge in [-0.05, 0) is 33.5 Å². The molecule has 0 bridgehead atoms. The van der Waals surface area contributed by atoms with Crippen molar-refractivity contribution >= 4 is 16.5 Å². The summed E-state index contributed by atoms with van der Waals surface area (Å²) >= 11 is 1.53. The van der Waals surface area contributed by atoms with Gasteiger partial charge in [-0.2, -0.15) is 0 Å². The van der Waals surface area contributed by atoms with Gasteiger partial charge in [0.1, 0.15) is 0 Å². The molecule has 0 amide bonds. The Bertz CT molecular complexity index is 352. The molecule has 5 heteroatoms. The van der Waals surface area contributed by atoms with E-state index in [9.17, 15) is 0 Å². The van der Waals surface area contributed by atoms with Gasteiger partial charge in [-0.1, -0.05) is 0 Å². The van der Waals surface area contributed by atoms with Crippen LogP contribution in [-0.2, 0) is 6.42 Å². The maximum Gasteiger partial charge on any atom is 0.180 e. The number of nitrogen functional groups attached to an aromatic ring is 1.